The number of hydrogen-bond acceptors (Lipinski definition) is 7. The first-order chi connectivity index (χ1) is 11.7. The molecule has 4 heterocycles. The Morgan fingerprint density at radius 2 is 2.12 bits per heavy atom. The first-order valence-corrected chi connectivity index (χ1v) is 8.72. The number of thiophene rings is 1. The molecule has 0 saturated carbocycles. The zero-order valence-corrected chi connectivity index (χ0v) is 14.1. The molecule has 1 aliphatic rings. The average molecular weight is 343 g/mol. The van der Waals surface area contributed by atoms with Gasteiger partial charge in [-0.2, -0.15) is 0 Å². The van der Waals surface area contributed by atoms with Crippen LogP contribution < -0.4 is 4.90 Å². The summed E-state index contributed by atoms with van der Waals surface area (Å²) in [6.45, 7) is 4.74. The molecule has 7 nitrogen and oxygen atoms in total. The molecule has 4 rings (SSSR count). The van der Waals surface area contributed by atoms with Crippen LogP contribution in [0.4, 0.5) is 5.82 Å². The normalized spacial score (nSPS) is 15.2. The highest BCUT2D eigenvalue weighted by Crippen LogP contribution is 2.27. The van der Waals surface area contributed by atoms with Crippen molar-refractivity contribution in [1.82, 2.24) is 20.0 Å². The zero-order valence-electron chi connectivity index (χ0n) is 13.3. The van der Waals surface area contributed by atoms with Crippen molar-refractivity contribution in [2.75, 3.05) is 31.1 Å². The number of hydrogen-bond donors (Lipinski definition) is 0. The van der Waals surface area contributed by atoms with E-state index in [1.165, 1.54) is 0 Å². The summed E-state index contributed by atoms with van der Waals surface area (Å²) in [6, 6.07) is 3.86. The van der Waals surface area contributed by atoms with Crippen LogP contribution in [0.1, 0.15) is 11.5 Å². The Balaban J connectivity index is 1.41. The summed E-state index contributed by atoms with van der Waals surface area (Å²) in [5, 5.41) is 7.01. The van der Waals surface area contributed by atoms with Crippen LogP contribution in [-0.2, 0) is 11.2 Å². The molecule has 1 aliphatic heterocycles. The molecule has 0 N–H and O–H groups in total. The van der Waals surface area contributed by atoms with E-state index in [4.69, 9.17) is 4.52 Å². The van der Waals surface area contributed by atoms with Crippen molar-refractivity contribution < 1.29 is 9.32 Å². The van der Waals surface area contributed by atoms with Crippen molar-refractivity contribution in [2.45, 2.75) is 13.3 Å². The largest absolute Gasteiger partial charge is 0.361 e. The van der Waals surface area contributed by atoms with E-state index in [1.54, 1.807) is 17.7 Å². The Bertz CT molecular complexity index is 866. The smallest absolute Gasteiger partial charge is 0.228 e. The van der Waals surface area contributed by atoms with Crippen molar-refractivity contribution in [3.8, 4) is 0 Å². The Hall–Kier alpha value is -2.48. The number of aryl methyl sites for hydroxylation is 1. The number of rotatable bonds is 3. The Morgan fingerprint density at radius 3 is 2.88 bits per heavy atom. The van der Waals surface area contributed by atoms with E-state index in [0.717, 1.165) is 34.9 Å². The fraction of sp³-hybridized carbons (Fsp3) is 0.375. The van der Waals surface area contributed by atoms with Crippen molar-refractivity contribution in [1.29, 1.82) is 0 Å². The van der Waals surface area contributed by atoms with Crippen LogP contribution in [0.15, 0.2) is 28.4 Å². The van der Waals surface area contributed by atoms with Crippen molar-refractivity contribution in [3.63, 3.8) is 0 Å². The predicted octanol–water partition coefficient (Wildman–Crippen LogP) is 1.88. The topological polar surface area (TPSA) is 75.4 Å². The number of carbonyl (C=O) groups excluding carboxylic acids is 1. The van der Waals surface area contributed by atoms with E-state index in [-0.39, 0.29) is 5.91 Å². The number of anilines is 1. The molecule has 3 aromatic rings. The summed E-state index contributed by atoms with van der Waals surface area (Å²) in [5.41, 5.74) is 0.690. The van der Waals surface area contributed by atoms with Gasteiger partial charge in [-0.15, -0.1) is 11.3 Å². The van der Waals surface area contributed by atoms with Gasteiger partial charge in [-0.25, -0.2) is 9.97 Å². The second kappa shape index (κ2) is 6.20. The lowest BCUT2D eigenvalue weighted by atomic mass is 10.2. The molecule has 1 fully saturated rings. The molecule has 3 aromatic heterocycles. The van der Waals surface area contributed by atoms with Gasteiger partial charge in [0.1, 0.15) is 22.7 Å². The molecule has 0 spiro atoms. The van der Waals surface area contributed by atoms with Gasteiger partial charge in [-0.1, -0.05) is 5.16 Å². The first kappa shape index (κ1) is 15.1. The van der Waals surface area contributed by atoms with Crippen molar-refractivity contribution >= 4 is 33.3 Å². The van der Waals surface area contributed by atoms with E-state index < -0.39 is 0 Å². The average Bonchev–Trinajstić information content (AvgIpc) is 3.23. The third-order valence-corrected chi connectivity index (χ3v) is 5.00. The minimum Gasteiger partial charge on any atom is -0.361 e. The Kier molecular flexibility index (Phi) is 3.89. The number of aromatic nitrogens is 3. The van der Waals surface area contributed by atoms with E-state index in [9.17, 15) is 4.79 Å². The highest BCUT2D eigenvalue weighted by atomic mass is 32.1. The van der Waals surface area contributed by atoms with Gasteiger partial charge in [0.05, 0.1) is 17.5 Å². The van der Waals surface area contributed by atoms with Crippen LogP contribution in [-0.4, -0.2) is 52.1 Å². The second-order valence-electron chi connectivity index (χ2n) is 5.81. The molecule has 124 valence electrons. The van der Waals surface area contributed by atoms with Crippen LogP contribution in [0.2, 0.25) is 0 Å². The van der Waals surface area contributed by atoms with Crippen molar-refractivity contribution in [3.05, 3.63) is 35.3 Å². The molecule has 0 radical (unpaired) electrons. The monoisotopic (exact) mass is 343 g/mol. The molecule has 0 bridgehead atoms. The highest BCUT2D eigenvalue weighted by Gasteiger charge is 2.24. The maximum Gasteiger partial charge on any atom is 0.228 e. The molecule has 1 amide bonds. The second-order valence-corrected chi connectivity index (χ2v) is 6.70. The van der Waals surface area contributed by atoms with Crippen LogP contribution in [0.25, 0.3) is 10.2 Å². The zero-order chi connectivity index (χ0) is 16.5. The fourth-order valence-electron chi connectivity index (χ4n) is 2.96. The minimum atomic E-state index is 0.0892. The lowest BCUT2D eigenvalue weighted by Gasteiger charge is -2.35. The molecule has 0 aliphatic carbocycles. The first-order valence-electron chi connectivity index (χ1n) is 7.84. The van der Waals surface area contributed by atoms with E-state index in [2.05, 4.69) is 26.1 Å². The molecule has 0 unspecified atom stereocenters. The van der Waals surface area contributed by atoms with Gasteiger partial charge < -0.3 is 14.3 Å². The highest BCUT2D eigenvalue weighted by molar-refractivity contribution is 7.16. The summed E-state index contributed by atoms with van der Waals surface area (Å²) in [4.78, 5) is 26.2. The number of amides is 1. The summed E-state index contributed by atoms with van der Waals surface area (Å²) in [6.07, 6.45) is 1.90. The van der Waals surface area contributed by atoms with Gasteiger partial charge in [0, 0.05) is 32.2 Å². The van der Waals surface area contributed by atoms with Crippen LogP contribution >= 0.6 is 11.3 Å². The third-order valence-electron chi connectivity index (χ3n) is 4.18. The van der Waals surface area contributed by atoms with Gasteiger partial charge in [0.25, 0.3) is 0 Å². The maximum absolute atomic E-state index is 12.4. The SMILES string of the molecule is Cc1cc(CC(=O)N2CCN(c3ncnc4sccc34)CC2)no1. The van der Waals surface area contributed by atoms with Gasteiger partial charge in [0.15, 0.2) is 0 Å². The number of fused-ring (bicyclic) bond motifs is 1. The van der Waals surface area contributed by atoms with Gasteiger partial charge >= 0.3 is 0 Å². The Morgan fingerprint density at radius 1 is 1.29 bits per heavy atom. The maximum atomic E-state index is 12.4. The molecule has 1 saturated heterocycles. The lowest BCUT2D eigenvalue weighted by molar-refractivity contribution is -0.130. The standard InChI is InChI=1S/C16H17N5O2S/c1-11-8-12(19-23-11)9-14(22)20-3-5-21(6-4-20)15-13-2-7-24-16(13)18-10-17-15/h2,7-8,10H,3-6,9H2,1H3. The fourth-order valence-corrected chi connectivity index (χ4v) is 3.69. The molecule has 0 aromatic carbocycles. The number of carbonyl (C=O) groups is 1. The summed E-state index contributed by atoms with van der Waals surface area (Å²) in [5.74, 6) is 1.78. The summed E-state index contributed by atoms with van der Waals surface area (Å²) < 4.78 is 5.02. The molecule has 8 heteroatoms. The summed E-state index contributed by atoms with van der Waals surface area (Å²) in [7, 11) is 0. The lowest BCUT2D eigenvalue weighted by Crippen LogP contribution is -2.49. The third kappa shape index (κ3) is 2.84. The Labute approximate surface area is 142 Å². The van der Waals surface area contributed by atoms with Crippen LogP contribution in [0, 0.1) is 6.92 Å². The molecule has 24 heavy (non-hydrogen) atoms. The van der Waals surface area contributed by atoms with Gasteiger partial charge in [-0.3, -0.25) is 4.79 Å². The van der Waals surface area contributed by atoms with Gasteiger partial charge in [0.2, 0.25) is 5.91 Å². The molecule has 0 atom stereocenters. The molecular formula is C16H17N5O2S. The van der Waals surface area contributed by atoms with E-state index >= 15 is 0 Å². The van der Waals surface area contributed by atoms with Crippen LogP contribution in [0.3, 0.4) is 0 Å². The quantitative estimate of drug-likeness (QED) is 0.723. The predicted molar refractivity (Wildman–Crippen MR) is 91.2 cm³/mol. The van der Waals surface area contributed by atoms with Gasteiger partial charge in [-0.05, 0) is 18.4 Å². The van der Waals surface area contributed by atoms with Crippen molar-refractivity contribution in [2.24, 2.45) is 0 Å². The minimum absolute atomic E-state index is 0.0892. The van der Waals surface area contributed by atoms with E-state index in [1.807, 2.05) is 23.3 Å². The number of piperazine rings is 1. The van der Waals surface area contributed by atoms with Crippen LogP contribution in [0.5, 0.6) is 0 Å². The summed E-state index contributed by atoms with van der Waals surface area (Å²) >= 11 is 1.62. The number of nitrogens with zero attached hydrogens (tertiary/aromatic N) is 5. The van der Waals surface area contributed by atoms with E-state index in [0.29, 0.717) is 25.2 Å². The molecular weight excluding hydrogens is 326 g/mol.